The second kappa shape index (κ2) is 8.89. The van der Waals surface area contributed by atoms with Gasteiger partial charge in [-0.2, -0.15) is 0 Å². The molecule has 4 nitrogen and oxygen atoms in total. The molecule has 0 aliphatic heterocycles. The topological polar surface area (TPSA) is 63.2 Å². The fraction of sp³-hybridized carbons (Fsp3) is 0.963. The van der Waals surface area contributed by atoms with Gasteiger partial charge in [0.15, 0.2) is 0 Å². The molecule has 1 amide bonds. The Hall–Kier alpha value is -0.580. The summed E-state index contributed by atoms with van der Waals surface area (Å²) < 4.78 is 24.9. The number of hydrogen-bond acceptors (Lipinski definition) is 3. The van der Waals surface area contributed by atoms with Crippen LogP contribution in [0.5, 0.6) is 0 Å². The molecule has 9 atom stereocenters. The molecule has 184 valence electrons. The summed E-state index contributed by atoms with van der Waals surface area (Å²) in [4.78, 5) is 12.1. The molecule has 0 saturated heterocycles. The standard InChI is InChI=1S/C27H47NO3S/c1-6-19-17-20-23-12-11-21(18(2)10-13-25(29)28-32(5,30)31)27(23,4)16-14-24(20)26(3)15-8-7-9-22(19)26/h18-24H,6-17H2,1-5H3,(H,28,29)/t18?,19-,20?,21+,22?,23?,24?,26-,27?/m0/s1. The minimum atomic E-state index is -3.46. The van der Waals surface area contributed by atoms with E-state index in [0.29, 0.717) is 29.1 Å². The fourth-order valence-corrected chi connectivity index (χ4v) is 10.3. The molecule has 5 heteroatoms. The summed E-state index contributed by atoms with van der Waals surface area (Å²) in [5.74, 6) is 5.31. The van der Waals surface area contributed by atoms with Crippen LogP contribution in [0.1, 0.15) is 105 Å². The zero-order valence-electron chi connectivity index (χ0n) is 21.2. The highest BCUT2D eigenvalue weighted by Crippen LogP contribution is 2.69. The van der Waals surface area contributed by atoms with Gasteiger partial charge in [-0.25, -0.2) is 8.42 Å². The van der Waals surface area contributed by atoms with Crippen LogP contribution in [0, 0.1) is 52.3 Å². The number of nitrogens with one attached hydrogen (secondary N) is 1. The summed E-state index contributed by atoms with van der Waals surface area (Å²) in [5, 5.41) is 0. The number of carbonyl (C=O) groups is 1. The SMILES string of the molecule is CC[C@H]1CC2C3CC[C@H](C(C)CCC(=O)NS(C)(=O)=O)C3(C)CCC2[C@@]2(C)CCCCC12. The van der Waals surface area contributed by atoms with Crippen molar-refractivity contribution in [2.75, 3.05) is 6.26 Å². The van der Waals surface area contributed by atoms with E-state index in [1.807, 2.05) is 0 Å². The number of hydrogen-bond donors (Lipinski definition) is 1. The monoisotopic (exact) mass is 465 g/mol. The van der Waals surface area contributed by atoms with Crippen molar-refractivity contribution < 1.29 is 13.2 Å². The van der Waals surface area contributed by atoms with Gasteiger partial charge in [-0.15, -0.1) is 0 Å². The van der Waals surface area contributed by atoms with Crippen molar-refractivity contribution >= 4 is 15.9 Å². The normalized spacial score (nSPS) is 44.8. The first-order chi connectivity index (χ1) is 15.0. The van der Waals surface area contributed by atoms with Crippen molar-refractivity contribution in [1.82, 2.24) is 4.72 Å². The highest BCUT2D eigenvalue weighted by molar-refractivity contribution is 7.89. The van der Waals surface area contributed by atoms with Gasteiger partial charge in [0.25, 0.3) is 0 Å². The van der Waals surface area contributed by atoms with Crippen molar-refractivity contribution in [3.8, 4) is 0 Å². The summed E-state index contributed by atoms with van der Waals surface area (Å²) in [7, 11) is -3.46. The molecule has 4 saturated carbocycles. The van der Waals surface area contributed by atoms with Gasteiger partial charge in [-0.3, -0.25) is 9.52 Å². The molecule has 0 heterocycles. The number of fused-ring (bicyclic) bond motifs is 5. The van der Waals surface area contributed by atoms with Crippen molar-refractivity contribution in [2.24, 2.45) is 52.3 Å². The average molecular weight is 466 g/mol. The van der Waals surface area contributed by atoms with E-state index in [1.165, 1.54) is 64.2 Å². The molecule has 0 spiro atoms. The molecule has 6 unspecified atom stereocenters. The minimum absolute atomic E-state index is 0.315. The Bertz CT molecular complexity index is 810. The molecule has 0 aromatic heterocycles. The van der Waals surface area contributed by atoms with Crippen LogP contribution in [-0.4, -0.2) is 20.6 Å². The maximum absolute atomic E-state index is 12.1. The second-order valence-corrected chi connectivity index (χ2v) is 14.4. The molecular formula is C27H47NO3S. The van der Waals surface area contributed by atoms with E-state index >= 15 is 0 Å². The van der Waals surface area contributed by atoms with Gasteiger partial charge in [0.2, 0.25) is 15.9 Å². The Morgan fingerprint density at radius 1 is 1.00 bits per heavy atom. The Labute approximate surface area is 197 Å². The first kappa shape index (κ1) is 24.5. The summed E-state index contributed by atoms with van der Waals surface area (Å²) in [6.45, 7) is 10.00. The minimum Gasteiger partial charge on any atom is -0.274 e. The van der Waals surface area contributed by atoms with Crippen LogP contribution in [0.15, 0.2) is 0 Å². The molecular weight excluding hydrogens is 418 g/mol. The van der Waals surface area contributed by atoms with Crippen LogP contribution >= 0.6 is 0 Å². The Balaban J connectivity index is 1.47. The number of amides is 1. The third-order valence-corrected chi connectivity index (χ3v) is 11.8. The largest absolute Gasteiger partial charge is 0.274 e. The van der Waals surface area contributed by atoms with Gasteiger partial charge in [-0.05, 0) is 104 Å². The van der Waals surface area contributed by atoms with Crippen LogP contribution < -0.4 is 4.72 Å². The van der Waals surface area contributed by atoms with E-state index in [-0.39, 0.29) is 5.91 Å². The van der Waals surface area contributed by atoms with Crippen LogP contribution in [0.4, 0.5) is 0 Å². The van der Waals surface area contributed by atoms with E-state index < -0.39 is 10.0 Å². The second-order valence-electron chi connectivity index (χ2n) is 12.7. The predicted octanol–water partition coefficient (Wildman–Crippen LogP) is 6.16. The molecule has 4 fully saturated rings. The molecule has 0 aromatic carbocycles. The summed E-state index contributed by atoms with van der Waals surface area (Å²) in [6, 6.07) is 0. The van der Waals surface area contributed by atoms with E-state index in [2.05, 4.69) is 32.4 Å². The predicted molar refractivity (Wildman–Crippen MR) is 130 cm³/mol. The van der Waals surface area contributed by atoms with E-state index in [4.69, 9.17) is 0 Å². The summed E-state index contributed by atoms with van der Waals surface area (Å²) in [5.41, 5.74) is 0.959. The molecule has 0 aromatic rings. The van der Waals surface area contributed by atoms with Crippen molar-refractivity contribution in [3.05, 3.63) is 0 Å². The Kier molecular flexibility index (Phi) is 6.82. The molecule has 4 aliphatic carbocycles. The fourth-order valence-electron chi connectivity index (χ4n) is 9.81. The molecule has 4 rings (SSSR count). The van der Waals surface area contributed by atoms with Crippen molar-refractivity contribution in [1.29, 1.82) is 0 Å². The highest BCUT2D eigenvalue weighted by Gasteiger charge is 2.61. The first-order valence-electron chi connectivity index (χ1n) is 13.5. The van der Waals surface area contributed by atoms with Gasteiger partial charge >= 0.3 is 0 Å². The van der Waals surface area contributed by atoms with Crippen LogP contribution in [0.2, 0.25) is 0 Å². The summed E-state index contributed by atoms with van der Waals surface area (Å²) in [6.07, 6.45) is 16.2. The lowest BCUT2D eigenvalue weighted by Crippen LogP contribution is -2.55. The number of carbonyl (C=O) groups excluding carboxylic acids is 1. The zero-order valence-corrected chi connectivity index (χ0v) is 22.0. The number of rotatable bonds is 6. The molecule has 4 aliphatic rings. The third kappa shape index (κ3) is 4.29. The lowest BCUT2D eigenvalue weighted by Gasteiger charge is -2.63. The van der Waals surface area contributed by atoms with Gasteiger partial charge in [0, 0.05) is 6.42 Å². The lowest BCUT2D eigenvalue weighted by molar-refractivity contribution is -0.138. The van der Waals surface area contributed by atoms with E-state index in [0.717, 1.165) is 42.3 Å². The zero-order chi connectivity index (χ0) is 23.3. The smallest absolute Gasteiger partial charge is 0.233 e. The Morgan fingerprint density at radius 3 is 2.41 bits per heavy atom. The molecule has 32 heavy (non-hydrogen) atoms. The lowest BCUT2D eigenvalue weighted by atomic mass is 9.42. The Morgan fingerprint density at radius 2 is 1.72 bits per heavy atom. The summed E-state index contributed by atoms with van der Waals surface area (Å²) >= 11 is 0. The van der Waals surface area contributed by atoms with Crippen molar-refractivity contribution in [2.45, 2.75) is 105 Å². The first-order valence-corrected chi connectivity index (χ1v) is 15.4. The maximum Gasteiger partial charge on any atom is 0.233 e. The molecule has 1 N–H and O–H groups in total. The van der Waals surface area contributed by atoms with Gasteiger partial charge in [0.05, 0.1) is 6.26 Å². The quantitative estimate of drug-likeness (QED) is 0.511. The maximum atomic E-state index is 12.1. The van der Waals surface area contributed by atoms with Crippen LogP contribution in [0.25, 0.3) is 0 Å². The van der Waals surface area contributed by atoms with E-state index in [1.54, 1.807) is 0 Å². The molecule has 0 radical (unpaired) electrons. The average Bonchev–Trinajstić information content (AvgIpc) is 3.07. The van der Waals surface area contributed by atoms with Gasteiger partial charge in [0.1, 0.15) is 0 Å². The van der Waals surface area contributed by atoms with Crippen molar-refractivity contribution in [3.63, 3.8) is 0 Å². The van der Waals surface area contributed by atoms with Crippen LogP contribution in [-0.2, 0) is 14.8 Å². The van der Waals surface area contributed by atoms with E-state index in [9.17, 15) is 13.2 Å². The number of sulfonamides is 1. The third-order valence-electron chi connectivity index (χ3n) is 11.2. The van der Waals surface area contributed by atoms with Gasteiger partial charge < -0.3 is 0 Å². The van der Waals surface area contributed by atoms with Crippen LogP contribution in [0.3, 0.4) is 0 Å². The molecule has 0 bridgehead atoms. The highest BCUT2D eigenvalue weighted by atomic mass is 32.2. The van der Waals surface area contributed by atoms with Gasteiger partial charge in [-0.1, -0.05) is 47.0 Å².